The van der Waals surface area contributed by atoms with E-state index in [1.165, 1.54) is 4.68 Å². The Morgan fingerprint density at radius 1 is 0.897 bits per heavy atom. The van der Waals surface area contributed by atoms with Crippen molar-refractivity contribution in [1.82, 2.24) is 25.6 Å². The number of benzene rings is 2. The fraction of sp³-hybridized carbons (Fsp3) is 0.0952. The quantitative estimate of drug-likeness (QED) is 0.523. The molecule has 144 valence electrons. The topological polar surface area (TPSA) is 106 Å². The Morgan fingerprint density at radius 2 is 1.59 bits per heavy atom. The number of rotatable bonds is 3. The van der Waals surface area contributed by atoms with Crippen LogP contribution in [0.25, 0.3) is 21.7 Å². The lowest BCUT2D eigenvalue weighted by Crippen LogP contribution is -2.43. The second-order valence-corrected chi connectivity index (χ2v) is 6.31. The maximum absolute atomic E-state index is 12.7. The van der Waals surface area contributed by atoms with Gasteiger partial charge in [-0.3, -0.25) is 25.2 Å². The second-order valence-electron chi connectivity index (χ2n) is 6.31. The molecule has 0 aliphatic carbocycles. The van der Waals surface area contributed by atoms with Crippen molar-refractivity contribution in [2.24, 2.45) is 0 Å². The summed E-state index contributed by atoms with van der Waals surface area (Å²) in [5, 5.41) is 5.84. The molecule has 0 aliphatic heterocycles. The van der Waals surface area contributed by atoms with E-state index in [-0.39, 0.29) is 16.9 Å². The highest BCUT2D eigenvalue weighted by molar-refractivity contribution is 6.06. The van der Waals surface area contributed by atoms with E-state index in [1.807, 2.05) is 18.2 Å². The van der Waals surface area contributed by atoms with Gasteiger partial charge in [0.05, 0.1) is 10.9 Å². The van der Waals surface area contributed by atoms with Crippen LogP contribution in [0, 0.1) is 0 Å². The van der Waals surface area contributed by atoms with Gasteiger partial charge in [0.1, 0.15) is 5.69 Å². The van der Waals surface area contributed by atoms with E-state index in [0.29, 0.717) is 22.8 Å². The minimum absolute atomic E-state index is 0.0498. The number of hydrogen-bond acceptors (Lipinski definition) is 5. The summed E-state index contributed by atoms with van der Waals surface area (Å²) in [6.45, 7) is 2.08. The Kier molecular flexibility index (Phi) is 4.74. The molecule has 2 amide bonds. The van der Waals surface area contributed by atoms with Gasteiger partial charge >= 0.3 is 0 Å². The van der Waals surface area contributed by atoms with Crippen molar-refractivity contribution in [2.45, 2.75) is 13.5 Å². The van der Waals surface area contributed by atoms with E-state index in [9.17, 15) is 14.4 Å². The van der Waals surface area contributed by atoms with Crippen LogP contribution in [-0.2, 0) is 6.54 Å². The van der Waals surface area contributed by atoms with E-state index in [2.05, 4.69) is 20.9 Å². The Hall–Kier alpha value is -4.07. The summed E-state index contributed by atoms with van der Waals surface area (Å²) in [5.41, 5.74) is 5.32. The fourth-order valence-corrected chi connectivity index (χ4v) is 3.05. The van der Waals surface area contributed by atoms with Crippen LogP contribution in [0.2, 0.25) is 0 Å². The highest BCUT2D eigenvalue weighted by Gasteiger charge is 2.17. The number of aryl methyl sites for hydroxylation is 1. The summed E-state index contributed by atoms with van der Waals surface area (Å²) in [7, 11) is 0. The Labute approximate surface area is 165 Å². The van der Waals surface area contributed by atoms with Gasteiger partial charge < -0.3 is 0 Å². The summed E-state index contributed by atoms with van der Waals surface area (Å²) in [5.74, 6) is -1.19. The molecule has 2 heterocycles. The van der Waals surface area contributed by atoms with E-state index in [4.69, 9.17) is 0 Å². The fourth-order valence-electron chi connectivity index (χ4n) is 3.05. The number of carbonyl (C=O) groups is 2. The molecule has 0 unspecified atom stereocenters. The zero-order valence-electron chi connectivity index (χ0n) is 15.5. The standard InChI is InChI=1S/C21H17N5O3/c1-2-26-21(29)15-9-5-4-8-14(15)18(25-26)20(28)24-23-19(27)17-12-11-13-7-3-6-10-16(13)22-17/h3-12H,2H2,1H3,(H,23,27)(H,24,28). The molecule has 4 rings (SSSR count). The Morgan fingerprint density at radius 3 is 2.38 bits per heavy atom. The van der Waals surface area contributed by atoms with Crippen molar-refractivity contribution >= 4 is 33.5 Å². The van der Waals surface area contributed by atoms with Gasteiger partial charge in [0, 0.05) is 17.3 Å². The molecule has 0 saturated heterocycles. The van der Waals surface area contributed by atoms with Crippen LogP contribution in [0.1, 0.15) is 27.9 Å². The first kappa shape index (κ1) is 18.3. The second kappa shape index (κ2) is 7.51. The molecule has 29 heavy (non-hydrogen) atoms. The lowest BCUT2D eigenvalue weighted by Gasteiger charge is -2.11. The maximum Gasteiger partial charge on any atom is 0.290 e. The minimum Gasteiger partial charge on any atom is -0.267 e. The van der Waals surface area contributed by atoms with Crippen LogP contribution in [0.3, 0.4) is 0 Å². The highest BCUT2D eigenvalue weighted by atomic mass is 16.2. The van der Waals surface area contributed by atoms with Crippen LogP contribution in [0.5, 0.6) is 0 Å². The van der Waals surface area contributed by atoms with Crippen molar-refractivity contribution < 1.29 is 9.59 Å². The third-order valence-corrected chi connectivity index (χ3v) is 4.50. The highest BCUT2D eigenvalue weighted by Crippen LogP contribution is 2.13. The van der Waals surface area contributed by atoms with Gasteiger partial charge in [-0.1, -0.05) is 42.5 Å². The molecule has 2 aromatic heterocycles. The normalized spacial score (nSPS) is 10.8. The number of para-hydroxylation sites is 1. The average Bonchev–Trinajstić information content (AvgIpc) is 2.77. The molecule has 4 aromatic rings. The molecular formula is C21H17N5O3. The molecule has 0 aliphatic rings. The number of hydrogen-bond donors (Lipinski definition) is 2. The molecule has 8 heteroatoms. The van der Waals surface area contributed by atoms with Crippen LogP contribution in [-0.4, -0.2) is 26.6 Å². The summed E-state index contributed by atoms with van der Waals surface area (Å²) < 4.78 is 1.21. The molecule has 0 atom stereocenters. The monoisotopic (exact) mass is 387 g/mol. The number of nitrogens with one attached hydrogen (secondary N) is 2. The Bertz CT molecular complexity index is 1310. The third-order valence-electron chi connectivity index (χ3n) is 4.50. The third kappa shape index (κ3) is 3.43. The first-order chi connectivity index (χ1) is 14.1. The average molecular weight is 387 g/mol. The van der Waals surface area contributed by atoms with Crippen molar-refractivity contribution in [3.63, 3.8) is 0 Å². The van der Waals surface area contributed by atoms with Gasteiger partial charge in [0.25, 0.3) is 17.4 Å². The predicted molar refractivity (Wildman–Crippen MR) is 108 cm³/mol. The first-order valence-corrected chi connectivity index (χ1v) is 9.05. The molecule has 0 spiro atoms. The number of nitrogens with zero attached hydrogens (tertiary/aromatic N) is 3. The molecule has 0 bridgehead atoms. The summed E-state index contributed by atoms with van der Waals surface area (Å²) >= 11 is 0. The number of fused-ring (bicyclic) bond motifs is 2. The summed E-state index contributed by atoms with van der Waals surface area (Å²) in [6.07, 6.45) is 0. The molecule has 8 nitrogen and oxygen atoms in total. The van der Waals surface area contributed by atoms with Gasteiger partial charge in [-0.2, -0.15) is 5.10 Å². The predicted octanol–water partition coefficient (Wildman–Crippen LogP) is 2.04. The van der Waals surface area contributed by atoms with Gasteiger partial charge in [-0.15, -0.1) is 0 Å². The number of pyridine rings is 1. The molecule has 0 fully saturated rings. The largest absolute Gasteiger partial charge is 0.290 e. The van der Waals surface area contributed by atoms with Crippen molar-refractivity contribution in [3.05, 3.63) is 82.4 Å². The maximum atomic E-state index is 12.7. The van der Waals surface area contributed by atoms with E-state index in [1.54, 1.807) is 49.4 Å². The molecule has 0 radical (unpaired) electrons. The van der Waals surface area contributed by atoms with E-state index in [0.717, 1.165) is 5.39 Å². The zero-order chi connectivity index (χ0) is 20.4. The van der Waals surface area contributed by atoms with E-state index < -0.39 is 11.8 Å². The van der Waals surface area contributed by atoms with Crippen LogP contribution >= 0.6 is 0 Å². The van der Waals surface area contributed by atoms with Crippen molar-refractivity contribution in [1.29, 1.82) is 0 Å². The van der Waals surface area contributed by atoms with Crippen LogP contribution < -0.4 is 16.4 Å². The zero-order valence-corrected chi connectivity index (χ0v) is 15.5. The number of aromatic nitrogens is 3. The summed E-state index contributed by atoms with van der Waals surface area (Å²) in [4.78, 5) is 41.7. The van der Waals surface area contributed by atoms with Gasteiger partial charge in [-0.25, -0.2) is 9.67 Å². The van der Waals surface area contributed by atoms with E-state index >= 15 is 0 Å². The number of carbonyl (C=O) groups excluding carboxylic acids is 2. The SMILES string of the molecule is CCn1nc(C(=O)NNC(=O)c2ccc3ccccc3n2)c2ccccc2c1=O. The summed E-state index contributed by atoms with van der Waals surface area (Å²) in [6, 6.07) is 17.5. The number of hydrazine groups is 1. The number of amides is 2. The van der Waals surface area contributed by atoms with Gasteiger partial charge in [0.15, 0.2) is 5.69 Å². The van der Waals surface area contributed by atoms with Gasteiger partial charge in [0.2, 0.25) is 0 Å². The molecule has 0 saturated carbocycles. The molecule has 2 aromatic carbocycles. The first-order valence-electron chi connectivity index (χ1n) is 9.05. The van der Waals surface area contributed by atoms with Crippen LogP contribution in [0.15, 0.2) is 65.5 Å². The van der Waals surface area contributed by atoms with Gasteiger partial charge in [-0.05, 0) is 25.1 Å². The lowest BCUT2D eigenvalue weighted by molar-refractivity contribution is 0.0841. The lowest BCUT2D eigenvalue weighted by atomic mass is 10.1. The molecule has 2 N–H and O–H groups in total. The Balaban J connectivity index is 1.59. The molecular weight excluding hydrogens is 370 g/mol. The van der Waals surface area contributed by atoms with Crippen LogP contribution in [0.4, 0.5) is 0 Å². The van der Waals surface area contributed by atoms with Crippen molar-refractivity contribution in [3.8, 4) is 0 Å². The van der Waals surface area contributed by atoms with Crippen molar-refractivity contribution in [2.75, 3.05) is 0 Å². The minimum atomic E-state index is -0.627. The smallest absolute Gasteiger partial charge is 0.267 e.